The molecule has 0 aliphatic heterocycles. The summed E-state index contributed by atoms with van der Waals surface area (Å²) in [4.78, 5) is 11.9. The standard InChI is InChI=1S/C23H21F3N2O4S/c1-15-6-7-18(12-16(15)2)27-22(29)14-32-20-8-10-21(11-9-20)33(30,31)28-19-5-3-4-17(13-19)23(24,25)26/h3-13,28H,14H2,1-2H3,(H,27,29). The molecule has 0 aliphatic rings. The number of hydrogen-bond donors (Lipinski definition) is 2. The smallest absolute Gasteiger partial charge is 0.416 e. The fourth-order valence-electron chi connectivity index (χ4n) is 2.85. The molecule has 6 nitrogen and oxygen atoms in total. The number of aryl methyl sites for hydroxylation is 2. The average molecular weight is 478 g/mol. The van der Waals surface area contributed by atoms with E-state index in [9.17, 15) is 26.4 Å². The predicted octanol–water partition coefficient (Wildman–Crippen LogP) is 5.14. The lowest BCUT2D eigenvalue weighted by molar-refractivity contribution is -0.137. The summed E-state index contributed by atoms with van der Waals surface area (Å²) in [6.07, 6.45) is -4.59. The molecule has 0 bridgehead atoms. The van der Waals surface area contributed by atoms with E-state index in [0.717, 1.165) is 23.3 Å². The molecule has 0 atom stereocenters. The van der Waals surface area contributed by atoms with Crippen molar-refractivity contribution in [2.45, 2.75) is 24.9 Å². The summed E-state index contributed by atoms with van der Waals surface area (Å²) in [5.74, 6) is -0.135. The number of nitrogens with one attached hydrogen (secondary N) is 2. The molecule has 0 saturated carbocycles. The second-order valence-electron chi connectivity index (χ2n) is 7.29. The van der Waals surface area contributed by atoms with Gasteiger partial charge in [-0.05, 0) is 79.6 Å². The number of hydrogen-bond acceptors (Lipinski definition) is 4. The lowest BCUT2D eigenvalue weighted by Gasteiger charge is -2.12. The number of alkyl halides is 3. The van der Waals surface area contributed by atoms with Gasteiger partial charge in [0.25, 0.3) is 15.9 Å². The molecule has 2 N–H and O–H groups in total. The van der Waals surface area contributed by atoms with Gasteiger partial charge in [-0.15, -0.1) is 0 Å². The van der Waals surface area contributed by atoms with Crippen molar-refractivity contribution in [3.8, 4) is 5.75 Å². The van der Waals surface area contributed by atoms with Crippen LogP contribution in [0.4, 0.5) is 24.5 Å². The molecule has 0 spiro atoms. The molecule has 10 heteroatoms. The number of halogens is 3. The molecular formula is C23H21F3N2O4S. The highest BCUT2D eigenvalue weighted by Gasteiger charge is 2.30. The van der Waals surface area contributed by atoms with Crippen LogP contribution in [0.15, 0.2) is 71.6 Å². The maximum atomic E-state index is 12.8. The van der Waals surface area contributed by atoms with Crippen LogP contribution in [0, 0.1) is 13.8 Å². The van der Waals surface area contributed by atoms with E-state index in [0.29, 0.717) is 11.8 Å². The summed E-state index contributed by atoms with van der Waals surface area (Å²) >= 11 is 0. The summed E-state index contributed by atoms with van der Waals surface area (Å²) in [7, 11) is -4.12. The van der Waals surface area contributed by atoms with Crippen molar-refractivity contribution in [2.24, 2.45) is 0 Å². The van der Waals surface area contributed by atoms with Crippen LogP contribution in [0.1, 0.15) is 16.7 Å². The van der Waals surface area contributed by atoms with Crippen LogP contribution < -0.4 is 14.8 Å². The fourth-order valence-corrected chi connectivity index (χ4v) is 3.90. The second-order valence-corrected chi connectivity index (χ2v) is 8.97. The summed E-state index contributed by atoms with van der Waals surface area (Å²) in [6, 6.07) is 14.6. The minimum Gasteiger partial charge on any atom is -0.484 e. The number of carbonyl (C=O) groups excluding carboxylic acids is 1. The Balaban J connectivity index is 1.61. The van der Waals surface area contributed by atoms with Crippen LogP contribution in [-0.4, -0.2) is 20.9 Å². The monoisotopic (exact) mass is 478 g/mol. The molecule has 33 heavy (non-hydrogen) atoms. The van der Waals surface area contributed by atoms with Crippen molar-refractivity contribution >= 4 is 27.3 Å². The molecule has 3 aromatic rings. The molecule has 0 aromatic heterocycles. The molecule has 174 valence electrons. The SMILES string of the molecule is Cc1ccc(NC(=O)COc2ccc(S(=O)(=O)Nc3cccc(C(F)(F)F)c3)cc2)cc1C. The van der Waals surface area contributed by atoms with Gasteiger partial charge < -0.3 is 10.1 Å². The van der Waals surface area contributed by atoms with Gasteiger partial charge in [0, 0.05) is 11.4 Å². The van der Waals surface area contributed by atoms with Gasteiger partial charge in [0.15, 0.2) is 6.61 Å². The van der Waals surface area contributed by atoms with Crippen LogP contribution in [0.5, 0.6) is 5.75 Å². The van der Waals surface area contributed by atoms with Crippen molar-refractivity contribution in [1.82, 2.24) is 0 Å². The van der Waals surface area contributed by atoms with Gasteiger partial charge in [0.2, 0.25) is 0 Å². The maximum Gasteiger partial charge on any atom is 0.416 e. The number of anilines is 2. The van der Waals surface area contributed by atoms with Gasteiger partial charge in [-0.25, -0.2) is 8.42 Å². The number of benzene rings is 3. The first kappa shape index (κ1) is 24.1. The topological polar surface area (TPSA) is 84.5 Å². The van der Waals surface area contributed by atoms with Gasteiger partial charge >= 0.3 is 6.18 Å². The van der Waals surface area contributed by atoms with Crippen molar-refractivity contribution in [3.63, 3.8) is 0 Å². The van der Waals surface area contributed by atoms with E-state index < -0.39 is 21.8 Å². The Bertz CT molecular complexity index is 1260. The second kappa shape index (κ2) is 9.53. The molecule has 3 rings (SSSR count). The Hall–Kier alpha value is -3.53. The zero-order valence-electron chi connectivity index (χ0n) is 17.7. The summed E-state index contributed by atoms with van der Waals surface area (Å²) in [5, 5.41) is 2.71. The third-order valence-corrected chi connectivity index (χ3v) is 6.13. The predicted molar refractivity (Wildman–Crippen MR) is 119 cm³/mol. The average Bonchev–Trinajstić information content (AvgIpc) is 2.74. The number of sulfonamides is 1. The summed E-state index contributed by atoms with van der Waals surface area (Å²) < 4.78 is 71.0. The van der Waals surface area contributed by atoms with Gasteiger partial charge in [0.1, 0.15) is 5.75 Å². The third kappa shape index (κ3) is 6.48. The zero-order valence-corrected chi connectivity index (χ0v) is 18.5. The Morgan fingerprint density at radius 2 is 1.61 bits per heavy atom. The van der Waals surface area contributed by atoms with Crippen LogP contribution >= 0.6 is 0 Å². The first-order chi connectivity index (χ1) is 15.4. The highest BCUT2D eigenvalue weighted by atomic mass is 32.2. The molecule has 0 unspecified atom stereocenters. The van der Waals surface area contributed by atoms with Crippen molar-refractivity contribution < 1.29 is 31.1 Å². The normalized spacial score (nSPS) is 11.7. The van der Waals surface area contributed by atoms with E-state index in [1.165, 1.54) is 30.3 Å². The molecule has 0 radical (unpaired) electrons. The molecule has 0 heterocycles. The number of ether oxygens (including phenoxy) is 1. The van der Waals surface area contributed by atoms with Gasteiger partial charge in [-0.2, -0.15) is 13.2 Å². The molecule has 0 saturated heterocycles. The highest BCUT2D eigenvalue weighted by Crippen LogP contribution is 2.31. The van der Waals surface area contributed by atoms with Gasteiger partial charge in [-0.3, -0.25) is 9.52 Å². The van der Waals surface area contributed by atoms with E-state index >= 15 is 0 Å². The first-order valence-electron chi connectivity index (χ1n) is 9.74. The molecule has 0 aliphatic carbocycles. The molecular weight excluding hydrogens is 457 g/mol. The number of carbonyl (C=O) groups is 1. The van der Waals surface area contributed by atoms with E-state index in [4.69, 9.17) is 4.74 Å². The Labute approximate surface area is 189 Å². The Morgan fingerprint density at radius 3 is 2.24 bits per heavy atom. The quantitative estimate of drug-likeness (QED) is 0.493. The molecule has 0 fully saturated rings. The van der Waals surface area contributed by atoms with Crippen molar-refractivity contribution in [3.05, 3.63) is 83.4 Å². The van der Waals surface area contributed by atoms with Crippen molar-refractivity contribution in [2.75, 3.05) is 16.6 Å². The lowest BCUT2D eigenvalue weighted by atomic mass is 10.1. The van der Waals surface area contributed by atoms with Crippen LogP contribution in [0.25, 0.3) is 0 Å². The number of amides is 1. The Kier molecular flexibility index (Phi) is 6.97. The zero-order chi connectivity index (χ0) is 24.2. The minimum atomic E-state index is -4.59. The van der Waals surface area contributed by atoms with Crippen LogP contribution in [-0.2, 0) is 21.0 Å². The maximum absolute atomic E-state index is 12.8. The number of rotatable bonds is 7. The largest absolute Gasteiger partial charge is 0.484 e. The van der Waals surface area contributed by atoms with Crippen LogP contribution in [0.2, 0.25) is 0 Å². The van der Waals surface area contributed by atoms with Gasteiger partial charge in [0.05, 0.1) is 10.5 Å². The van der Waals surface area contributed by atoms with E-state index in [-0.39, 0.29) is 28.8 Å². The Morgan fingerprint density at radius 1 is 0.909 bits per heavy atom. The molecule has 1 amide bonds. The van der Waals surface area contributed by atoms with E-state index in [1.807, 2.05) is 26.0 Å². The summed E-state index contributed by atoms with van der Waals surface area (Å²) in [6.45, 7) is 3.60. The fraction of sp³-hybridized carbons (Fsp3) is 0.174. The van der Waals surface area contributed by atoms with Crippen molar-refractivity contribution in [1.29, 1.82) is 0 Å². The summed E-state index contributed by atoms with van der Waals surface area (Å²) in [5.41, 5.74) is 1.58. The highest BCUT2D eigenvalue weighted by molar-refractivity contribution is 7.92. The third-order valence-electron chi connectivity index (χ3n) is 4.74. The first-order valence-corrected chi connectivity index (χ1v) is 11.2. The minimum absolute atomic E-state index is 0.174. The molecule has 3 aromatic carbocycles. The lowest BCUT2D eigenvalue weighted by Crippen LogP contribution is -2.20. The van der Waals surface area contributed by atoms with Gasteiger partial charge in [-0.1, -0.05) is 12.1 Å². The van der Waals surface area contributed by atoms with E-state index in [2.05, 4.69) is 10.0 Å². The van der Waals surface area contributed by atoms with Crippen LogP contribution in [0.3, 0.4) is 0 Å². The van der Waals surface area contributed by atoms with E-state index in [1.54, 1.807) is 6.07 Å².